The molecule has 19 heavy (non-hydrogen) atoms. The van der Waals surface area contributed by atoms with Crippen molar-refractivity contribution in [3.8, 4) is 0 Å². The largest absolute Gasteiger partial charge is 0.350 e. The van der Waals surface area contributed by atoms with Crippen LogP contribution in [0.3, 0.4) is 0 Å². The second kappa shape index (κ2) is 7.25. The number of hydrogen-bond donors (Lipinski definition) is 2. The molecule has 1 heterocycles. The summed E-state index contributed by atoms with van der Waals surface area (Å²) in [7, 11) is 0. The van der Waals surface area contributed by atoms with Crippen molar-refractivity contribution in [1.29, 1.82) is 0 Å². The van der Waals surface area contributed by atoms with Gasteiger partial charge < -0.3 is 10.6 Å². The van der Waals surface area contributed by atoms with Gasteiger partial charge in [0.1, 0.15) is 0 Å². The highest BCUT2D eigenvalue weighted by atomic mass is 16.2. The van der Waals surface area contributed by atoms with Crippen LogP contribution in [0.4, 0.5) is 0 Å². The Hall–Kier alpha value is -0.610. The van der Waals surface area contributed by atoms with Gasteiger partial charge in [-0.2, -0.15) is 0 Å². The van der Waals surface area contributed by atoms with E-state index >= 15 is 0 Å². The monoisotopic (exact) mass is 269 g/mol. The Balaban J connectivity index is 2.45. The Kier molecular flexibility index (Phi) is 6.27. The minimum atomic E-state index is -0.150. The van der Waals surface area contributed by atoms with Crippen molar-refractivity contribution < 1.29 is 4.79 Å². The molecule has 2 N–H and O–H groups in total. The van der Waals surface area contributed by atoms with Crippen LogP contribution in [0.2, 0.25) is 0 Å². The van der Waals surface area contributed by atoms with E-state index in [4.69, 9.17) is 0 Å². The van der Waals surface area contributed by atoms with Crippen LogP contribution in [0, 0.1) is 0 Å². The zero-order valence-corrected chi connectivity index (χ0v) is 13.3. The van der Waals surface area contributed by atoms with Gasteiger partial charge >= 0.3 is 0 Å². The molecule has 1 fully saturated rings. The predicted octanol–water partition coefficient (Wildman–Crippen LogP) is 1.75. The molecule has 1 unspecified atom stereocenters. The summed E-state index contributed by atoms with van der Waals surface area (Å²) in [6.45, 7) is 13.0. The molecule has 0 aromatic rings. The van der Waals surface area contributed by atoms with Crippen molar-refractivity contribution in [3.63, 3.8) is 0 Å². The van der Waals surface area contributed by atoms with Crippen molar-refractivity contribution >= 4 is 5.91 Å². The Morgan fingerprint density at radius 2 is 2.05 bits per heavy atom. The molecule has 4 nitrogen and oxygen atoms in total. The predicted molar refractivity (Wildman–Crippen MR) is 80.2 cm³/mol. The zero-order chi connectivity index (χ0) is 14.5. The molecule has 0 spiro atoms. The molecule has 1 rings (SSSR count). The number of hydrogen-bond acceptors (Lipinski definition) is 3. The maximum Gasteiger partial charge on any atom is 0.234 e. The third-order valence-electron chi connectivity index (χ3n) is 3.46. The first kappa shape index (κ1) is 16.4. The van der Waals surface area contributed by atoms with Crippen LogP contribution >= 0.6 is 0 Å². The van der Waals surface area contributed by atoms with Gasteiger partial charge in [-0.3, -0.25) is 9.69 Å². The summed E-state index contributed by atoms with van der Waals surface area (Å²) in [6.07, 6.45) is 3.81. The minimum absolute atomic E-state index is 0.122. The summed E-state index contributed by atoms with van der Waals surface area (Å²) in [5.74, 6) is 0.122. The number of piperidine rings is 1. The van der Waals surface area contributed by atoms with Crippen molar-refractivity contribution in [2.45, 2.75) is 71.5 Å². The van der Waals surface area contributed by atoms with E-state index in [9.17, 15) is 4.79 Å². The van der Waals surface area contributed by atoms with Crippen LogP contribution in [0.25, 0.3) is 0 Å². The summed E-state index contributed by atoms with van der Waals surface area (Å²) in [4.78, 5) is 14.3. The van der Waals surface area contributed by atoms with Gasteiger partial charge in [0, 0.05) is 24.2 Å². The van der Waals surface area contributed by atoms with Gasteiger partial charge in [-0.1, -0.05) is 6.42 Å². The van der Waals surface area contributed by atoms with E-state index in [2.05, 4.69) is 29.4 Å². The second-order valence-corrected chi connectivity index (χ2v) is 6.97. The first-order valence-corrected chi connectivity index (χ1v) is 7.56. The van der Waals surface area contributed by atoms with Crippen LogP contribution in [0.15, 0.2) is 0 Å². The fourth-order valence-electron chi connectivity index (χ4n) is 2.46. The third-order valence-corrected chi connectivity index (χ3v) is 3.46. The molecule has 1 amide bonds. The van der Waals surface area contributed by atoms with E-state index in [1.54, 1.807) is 0 Å². The number of carbonyl (C=O) groups excluding carboxylic acids is 1. The Bertz CT molecular complexity index is 278. The number of amides is 1. The van der Waals surface area contributed by atoms with Gasteiger partial charge in [0.25, 0.3) is 0 Å². The normalized spacial score (nSPS) is 20.9. The standard InChI is InChI=1S/C15H31N3O/c1-12(2)18(10-13-8-6-7-9-16-13)11-14(19)17-15(3,4)5/h12-13,16H,6-11H2,1-5H3,(H,17,19). The molecule has 1 atom stereocenters. The van der Waals surface area contributed by atoms with Gasteiger partial charge in [0.15, 0.2) is 0 Å². The van der Waals surface area contributed by atoms with E-state index in [-0.39, 0.29) is 11.4 Å². The summed E-state index contributed by atoms with van der Waals surface area (Å²) >= 11 is 0. The molecule has 0 bridgehead atoms. The smallest absolute Gasteiger partial charge is 0.234 e. The lowest BCUT2D eigenvalue weighted by atomic mass is 10.0. The van der Waals surface area contributed by atoms with E-state index in [0.717, 1.165) is 13.1 Å². The van der Waals surface area contributed by atoms with Gasteiger partial charge in [-0.25, -0.2) is 0 Å². The lowest BCUT2D eigenvalue weighted by Gasteiger charge is -2.33. The first-order valence-electron chi connectivity index (χ1n) is 7.56. The average molecular weight is 269 g/mol. The van der Waals surface area contributed by atoms with Crippen LogP contribution in [0.1, 0.15) is 53.9 Å². The lowest BCUT2D eigenvalue weighted by Crippen LogP contribution is -2.51. The topological polar surface area (TPSA) is 44.4 Å². The minimum Gasteiger partial charge on any atom is -0.350 e. The first-order chi connectivity index (χ1) is 8.78. The zero-order valence-electron chi connectivity index (χ0n) is 13.3. The van der Waals surface area contributed by atoms with E-state index < -0.39 is 0 Å². The molecule has 1 saturated heterocycles. The maximum atomic E-state index is 12.0. The van der Waals surface area contributed by atoms with Crippen LogP contribution < -0.4 is 10.6 Å². The van der Waals surface area contributed by atoms with Gasteiger partial charge in [0.2, 0.25) is 5.91 Å². The molecule has 0 aromatic heterocycles. The Morgan fingerprint density at radius 3 is 2.53 bits per heavy atom. The van der Waals surface area contributed by atoms with Crippen molar-refractivity contribution in [1.82, 2.24) is 15.5 Å². The fourth-order valence-corrected chi connectivity index (χ4v) is 2.46. The molecule has 0 aliphatic carbocycles. The van der Waals surface area contributed by atoms with Crippen LogP contribution in [-0.4, -0.2) is 48.1 Å². The molecular formula is C15H31N3O. The van der Waals surface area contributed by atoms with Crippen molar-refractivity contribution in [2.24, 2.45) is 0 Å². The van der Waals surface area contributed by atoms with Gasteiger partial charge in [0.05, 0.1) is 6.54 Å². The summed E-state index contributed by atoms with van der Waals surface area (Å²) in [5.41, 5.74) is -0.150. The Morgan fingerprint density at radius 1 is 1.37 bits per heavy atom. The van der Waals surface area contributed by atoms with Gasteiger partial charge in [-0.15, -0.1) is 0 Å². The number of nitrogens with one attached hydrogen (secondary N) is 2. The lowest BCUT2D eigenvalue weighted by molar-refractivity contribution is -0.124. The van der Waals surface area contributed by atoms with E-state index in [1.807, 2.05) is 20.8 Å². The summed E-state index contributed by atoms with van der Waals surface area (Å²) < 4.78 is 0. The van der Waals surface area contributed by atoms with E-state index in [1.165, 1.54) is 19.3 Å². The second-order valence-electron chi connectivity index (χ2n) is 6.97. The molecular weight excluding hydrogens is 238 g/mol. The molecule has 0 saturated carbocycles. The van der Waals surface area contributed by atoms with Crippen molar-refractivity contribution in [2.75, 3.05) is 19.6 Å². The molecule has 0 radical (unpaired) electrons. The van der Waals surface area contributed by atoms with Crippen LogP contribution in [0.5, 0.6) is 0 Å². The summed E-state index contributed by atoms with van der Waals surface area (Å²) in [6, 6.07) is 0.938. The SMILES string of the molecule is CC(C)N(CC(=O)NC(C)(C)C)CC1CCCCN1. The van der Waals surface area contributed by atoms with Gasteiger partial charge in [-0.05, 0) is 54.0 Å². The molecule has 4 heteroatoms. The molecule has 1 aliphatic heterocycles. The molecule has 1 aliphatic rings. The van der Waals surface area contributed by atoms with Crippen molar-refractivity contribution in [3.05, 3.63) is 0 Å². The van der Waals surface area contributed by atoms with Crippen LogP contribution in [-0.2, 0) is 4.79 Å². The highest BCUT2D eigenvalue weighted by molar-refractivity contribution is 5.78. The average Bonchev–Trinajstić information content (AvgIpc) is 2.26. The fraction of sp³-hybridized carbons (Fsp3) is 0.933. The molecule has 0 aromatic carbocycles. The highest BCUT2D eigenvalue weighted by Gasteiger charge is 2.22. The Labute approximate surface area is 118 Å². The highest BCUT2D eigenvalue weighted by Crippen LogP contribution is 2.10. The summed E-state index contributed by atoms with van der Waals surface area (Å²) in [5, 5.41) is 6.59. The maximum absolute atomic E-state index is 12.0. The number of rotatable bonds is 5. The number of nitrogens with zero attached hydrogens (tertiary/aromatic N) is 1. The quantitative estimate of drug-likeness (QED) is 0.799. The van der Waals surface area contributed by atoms with E-state index in [0.29, 0.717) is 18.6 Å². The third kappa shape index (κ3) is 6.92. The molecule has 112 valence electrons. The number of carbonyl (C=O) groups is 1.